The van der Waals surface area contributed by atoms with Crippen LogP contribution in [0.5, 0.6) is 5.75 Å². The number of benzene rings is 1. The lowest BCUT2D eigenvalue weighted by molar-refractivity contribution is 0.101. The van der Waals surface area contributed by atoms with Gasteiger partial charge in [-0.25, -0.2) is 4.98 Å². The predicted octanol–water partition coefficient (Wildman–Crippen LogP) is 2.41. The first-order valence-electron chi connectivity index (χ1n) is 6.69. The maximum atomic E-state index is 12.1. The number of H-pyrrole nitrogens is 1. The van der Waals surface area contributed by atoms with Crippen molar-refractivity contribution in [1.29, 1.82) is 0 Å². The number of aromatic amines is 1. The minimum absolute atomic E-state index is 0.132. The van der Waals surface area contributed by atoms with Crippen molar-refractivity contribution in [3.05, 3.63) is 35.9 Å². The van der Waals surface area contributed by atoms with Crippen molar-refractivity contribution >= 4 is 11.6 Å². The monoisotopic (exact) mass is 274 g/mol. The highest BCUT2D eigenvalue weighted by molar-refractivity contribution is 6.02. The molecule has 0 atom stereocenters. The molecular formula is C14H18N4O2. The fraction of sp³-hybridized carbons (Fsp3) is 0.357. The third-order valence-corrected chi connectivity index (χ3v) is 2.67. The highest BCUT2D eigenvalue weighted by atomic mass is 16.5. The maximum absolute atomic E-state index is 12.1. The summed E-state index contributed by atoms with van der Waals surface area (Å²) in [4.78, 5) is 16.2. The number of amides is 1. The van der Waals surface area contributed by atoms with Crippen molar-refractivity contribution in [2.45, 2.75) is 26.7 Å². The van der Waals surface area contributed by atoms with E-state index in [1.54, 1.807) is 6.07 Å². The Morgan fingerprint density at radius 2 is 2.15 bits per heavy atom. The van der Waals surface area contributed by atoms with Gasteiger partial charge in [0.05, 0.1) is 12.3 Å². The molecule has 0 radical (unpaired) electrons. The van der Waals surface area contributed by atoms with E-state index in [-0.39, 0.29) is 11.7 Å². The summed E-state index contributed by atoms with van der Waals surface area (Å²) in [5.74, 6) is 1.11. The van der Waals surface area contributed by atoms with Gasteiger partial charge in [0.2, 0.25) is 5.82 Å². The lowest BCUT2D eigenvalue weighted by Gasteiger charge is -2.10. The summed E-state index contributed by atoms with van der Waals surface area (Å²) in [6.45, 7) is 4.57. The molecule has 0 spiro atoms. The van der Waals surface area contributed by atoms with Gasteiger partial charge in [-0.05, 0) is 18.6 Å². The Labute approximate surface area is 117 Å². The zero-order valence-corrected chi connectivity index (χ0v) is 11.6. The van der Waals surface area contributed by atoms with Crippen LogP contribution < -0.4 is 10.1 Å². The van der Waals surface area contributed by atoms with Crippen LogP contribution in [0.15, 0.2) is 24.3 Å². The van der Waals surface area contributed by atoms with E-state index in [2.05, 4.69) is 20.5 Å². The molecule has 0 saturated heterocycles. The van der Waals surface area contributed by atoms with Crippen molar-refractivity contribution in [2.75, 3.05) is 11.9 Å². The largest absolute Gasteiger partial charge is 0.491 e. The van der Waals surface area contributed by atoms with Gasteiger partial charge in [-0.3, -0.25) is 9.89 Å². The van der Waals surface area contributed by atoms with E-state index in [0.717, 1.165) is 6.42 Å². The molecule has 0 fully saturated rings. The van der Waals surface area contributed by atoms with Crippen LogP contribution in [0.1, 0.15) is 36.7 Å². The number of aryl methyl sites for hydroxylation is 1. The lowest BCUT2D eigenvalue weighted by atomic mass is 10.3. The van der Waals surface area contributed by atoms with Gasteiger partial charge in [-0.15, -0.1) is 5.10 Å². The van der Waals surface area contributed by atoms with Crippen molar-refractivity contribution in [2.24, 2.45) is 0 Å². The molecule has 2 N–H and O–H groups in total. The van der Waals surface area contributed by atoms with E-state index in [1.165, 1.54) is 0 Å². The molecule has 20 heavy (non-hydrogen) atoms. The third-order valence-electron chi connectivity index (χ3n) is 2.67. The van der Waals surface area contributed by atoms with Gasteiger partial charge < -0.3 is 10.1 Å². The molecular weight excluding hydrogens is 256 g/mol. The summed E-state index contributed by atoms with van der Waals surface area (Å²) < 4.78 is 5.59. The Balaban J connectivity index is 2.10. The van der Waals surface area contributed by atoms with Crippen molar-refractivity contribution in [1.82, 2.24) is 15.2 Å². The summed E-state index contributed by atoms with van der Waals surface area (Å²) in [7, 11) is 0. The number of hydrogen-bond donors (Lipinski definition) is 2. The first kappa shape index (κ1) is 14.0. The van der Waals surface area contributed by atoms with Crippen LogP contribution in [0, 0.1) is 0 Å². The Kier molecular flexibility index (Phi) is 4.70. The molecule has 2 aromatic rings. The average Bonchev–Trinajstić information content (AvgIpc) is 2.95. The number of para-hydroxylation sites is 2. The van der Waals surface area contributed by atoms with E-state index < -0.39 is 0 Å². The predicted molar refractivity (Wildman–Crippen MR) is 75.9 cm³/mol. The van der Waals surface area contributed by atoms with Crippen molar-refractivity contribution < 1.29 is 9.53 Å². The van der Waals surface area contributed by atoms with E-state index in [1.807, 2.05) is 32.0 Å². The van der Waals surface area contributed by atoms with Gasteiger partial charge >= 0.3 is 0 Å². The van der Waals surface area contributed by atoms with Gasteiger partial charge in [-0.2, -0.15) is 0 Å². The molecule has 0 bridgehead atoms. The second kappa shape index (κ2) is 6.70. The summed E-state index contributed by atoms with van der Waals surface area (Å²) in [6, 6.07) is 7.31. The van der Waals surface area contributed by atoms with Crippen LogP contribution >= 0.6 is 0 Å². The molecule has 6 heteroatoms. The molecule has 1 amide bonds. The molecule has 0 aliphatic rings. The first-order valence-corrected chi connectivity index (χ1v) is 6.69. The minimum atomic E-state index is -0.353. The Bertz CT molecular complexity index is 580. The highest BCUT2D eigenvalue weighted by Crippen LogP contribution is 2.24. The molecule has 0 saturated carbocycles. The molecule has 106 valence electrons. The molecule has 0 aliphatic heterocycles. The SMILES string of the molecule is CCCOc1ccccc1NC(=O)c1n[nH]c(CC)n1. The first-order chi connectivity index (χ1) is 9.74. The fourth-order valence-corrected chi connectivity index (χ4v) is 1.64. The summed E-state index contributed by atoms with van der Waals surface area (Å²) in [5.41, 5.74) is 0.619. The third kappa shape index (κ3) is 3.34. The molecule has 0 unspecified atom stereocenters. The second-order valence-corrected chi connectivity index (χ2v) is 4.26. The van der Waals surface area contributed by atoms with Crippen LogP contribution in [0.25, 0.3) is 0 Å². The van der Waals surface area contributed by atoms with Gasteiger partial charge in [-0.1, -0.05) is 26.0 Å². The number of rotatable bonds is 6. The Morgan fingerprint density at radius 1 is 1.35 bits per heavy atom. The molecule has 2 rings (SSSR count). The molecule has 1 aromatic carbocycles. The van der Waals surface area contributed by atoms with E-state index in [4.69, 9.17) is 4.74 Å². The molecule has 1 aromatic heterocycles. The maximum Gasteiger partial charge on any atom is 0.295 e. The molecule has 1 heterocycles. The fourth-order valence-electron chi connectivity index (χ4n) is 1.64. The van der Waals surface area contributed by atoms with E-state index in [9.17, 15) is 4.79 Å². The topological polar surface area (TPSA) is 79.9 Å². The van der Waals surface area contributed by atoms with E-state index in [0.29, 0.717) is 30.3 Å². The van der Waals surface area contributed by atoms with Crippen LogP contribution in [0.3, 0.4) is 0 Å². The standard InChI is InChI=1S/C14H18N4O2/c1-3-9-20-11-8-6-5-7-10(11)15-14(19)13-16-12(4-2)17-18-13/h5-8H,3-4,9H2,1-2H3,(H,15,19)(H,16,17,18). The van der Waals surface area contributed by atoms with Gasteiger partial charge in [0.15, 0.2) is 0 Å². The van der Waals surface area contributed by atoms with Crippen molar-refractivity contribution in [3.8, 4) is 5.75 Å². The summed E-state index contributed by atoms with van der Waals surface area (Å²) >= 11 is 0. The summed E-state index contributed by atoms with van der Waals surface area (Å²) in [6.07, 6.45) is 1.61. The number of carbonyl (C=O) groups is 1. The van der Waals surface area contributed by atoms with Crippen LogP contribution in [-0.4, -0.2) is 27.7 Å². The number of aromatic nitrogens is 3. The van der Waals surface area contributed by atoms with E-state index >= 15 is 0 Å². The van der Waals surface area contributed by atoms with Gasteiger partial charge in [0, 0.05) is 6.42 Å². The van der Waals surface area contributed by atoms with Crippen LogP contribution in [0.4, 0.5) is 5.69 Å². The highest BCUT2D eigenvalue weighted by Gasteiger charge is 2.14. The number of ether oxygens (including phenoxy) is 1. The number of carbonyl (C=O) groups excluding carboxylic acids is 1. The quantitative estimate of drug-likeness (QED) is 0.847. The number of nitrogens with one attached hydrogen (secondary N) is 2. The zero-order chi connectivity index (χ0) is 14.4. The lowest BCUT2D eigenvalue weighted by Crippen LogP contribution is -2.14. The zero-order valence-electron chi connectivity index (χ0n) is 11.6. The molecule has 0 aliphatic carbocycles. The molecule has 6 nitrogen and oxygen atoms in total. The van der Waals surface area contributed by atoms with Crippen molar-refractivity contribution in [3.63, 3.8) is 0 Å². The number of nitrogens with zero attached hydrogens (tertiary/aromatic N) is 2. The smallest absolute Gasteiger partial charge is 0.295 e. The van der Waals surface area contributed by atoms with Gasteiger partial charge in [0.1, 0.15) is 11.6 Å². The number of hydrogen-bond acceptors (Lipinski definition) is 4. The second-order valence-electron chi connectivity index (χ2n) is 4.26. The van der Waals surface area contributed by atoms with Crippen LogP contribution in [-0.2, 0) is 6.42 Å². The normalized spacial score (nSPS) is 10.3. The Hall–Kier alpha value is -2.37. The average molecular weight is 274 g/mol. The van der Waals surface area contributed by atoms with Crippen LogP contribution in [0.2, 0.25) is 0 Å². The minimum Gasteiger partial charge on any atom is -0.491 e. The Morgan fingerprint density at radius 3 is 2.85 bits per heavy atom. The number of anilines is 1. The summed E-state index contributed by atoms with van der Waals surface area (Å²) in [5, 5.41) is 9.37. The van der Waals surface area contributed by atoms with Gasteiger partial charge in [0.25, 0.3) is 5.91 Å².